The average Bonchev–Trinajstić information content (AvgIpc) is 2.53. The Morgan fingerprint density at radius 2 is 1.91 bits per heavy atom. The number of carbonyl (C=O) groups is 2. The Morgan fingerprint density at radius 3 is 2.41 bits per heavy atom. The molecule has 0 aliphatic carbocycles. The second-order valence-corrected chi connectivity index (χ2v) is 6.92. The number of hydrogen-bond acceptors (Lipinski definition) is 5. The van der Waals surface area contributed by atoms with Gasteiger partial charge in [-0.3, -0.25) is 9.69 Å². The van der Waals surface area contributed by atoms with Gasteiger partial charge in [-0.15, -0.1) is 0 Å². The van der Waals surface area contributed by atoms with E-state index in [1.807, 2.05) is 41.5 Å². The molecule has 1 aliphatic heterocycles. The minimum atomic E-state index is -0.793. The van der Waals surface area contributed by atoms with Crippen molar-refractivity contribution in [1.82, 2.24) is 10.2 Å². The second kappa shape index (κ2) is 6.83. The molecule has 2 atom stereocenters. The lowest BCUT2D eigenvalue weighted by Crippen LogP contribution is -2.53. The topological polar surface area (TPSA) is 77.1 Å². The van der Waals surface area contributed by atoms with Gasteiger partial charge >= 0.3 is 6.09 Å². The summed E-state index contributed by atoms with van der Waals surface area (Å²) in [7, 11) is 1.46. The predicted molar refractivity (Wildman–Crippen MR) is 81.4 cm³/mol. The number of nitrogens with zero attached hydrogens (tertiary/aromatic N) is 1. The smallest absolute Gasteiger partial charge is 0.412 e. The monoisotopic (exact) mass is 316 g/mol. The van der Waals surface area contributed by atoms with Crippen LogP contribution in [0.5, 0.6) is 0 Å². The van der Waals surface area contributed by atoms with E-state index < -0.39 is 17.4 Å². The van der Waals surface area contributed by atoms with Crippen molar-refractivity contribution < 1.29 is 23.8 Å². The third kappa shape index (κ3) is 4.84. The zero-order chi connectivity index (χ0) is 17.1. The van der Waals surface area contributed by atoms with Crippen molar-refractivity contribution in [3.63, 3.8) is 0 Å². The number of amides is 2. The summed E-state index contributed by atoms with van der Waals surface area (Å²) in [6.45, 7) is 11.2. The van der Waals surface area contributed by atoms with Crippen LogP contribution in [0.15, 0.2) is 0 Å². The Kier molecular flexibility index (Phi) is 5.81. The molecular weight excluding hydrogens is 288 g/mol. The lowest BCUT2D eigenvalue weighted by Gasteiger charge is -2.35. The number of rotatable bonds is 4. The highest BCUT2D eigenvalue weighted by Crippen LogP contribution is 2.33. The van der Waals surface area contributed by atoms with Crippen molar-refractivity contribution >= 4 is 12.0 Å². The van der Waals surface area contributed by atoms with Crippen LogP contribution >= 0.6 is 0 Å². The Hall–Kier alpha value is -1.34. The van der Waals surface area contributed by atoms with Crippen LogP contribution in [0.25, 0.3) is 0 Å². The molecule has 7 nitrogen and oxygen atoms in total. The fourth-order valence-electron chi connectivity index (χ4n) is 2.52. The third-order valence-electron chi connectivity index (χ3n) is 3.30. The van der Waals surface area contributed by atoms with Crippen LogP contribution in [0.3, 0.4) is 0 Å². The van der Waals surface area contributed by atoms with Crippen LogP contribution in [0.1, 0.15) is 41.5 Å². The van der Waals surface area contributed by atoms with Gasteiger partial charge in [0, 0.05) is 13.7 Å². The number of carbonyl (C=O) groups excluding carboxylic acids is 2. The molecule has 128 valence electrons. The standard InChI is InChI=1S/C15H28N2O5/c1-10-11(8-16-12(18)9-20-7)17(15(5,6)21-10)13(19)22-14(2,3)4/h10-11H,8-9H2,1-7H3,(H,16,18)/t10-,11-/m1/s1. The third-order valence-corrected chi connectivity index (χ3v) is 3.30. The highest BCUT2D eigenvalue weighted by atomic mass is 16.6. The minimum absolute atomic E-state index is 0.0161. The summed E-state index contributed by atoms with van der Waals surface area (Å²) in [4.78, 5) is 25.6. The fraction of sp³-hybridized carbons (Fsp3) is 0.867. The first-order chi connectivity index (χ1) is 9.98. The molecule has 0 unspecified atom stereocenters. The molecule has 0 aromatic heterocycles. The molecule has 0 radical (unpaired) electrons. The Bertz CT molecular complexity index is 417. The van der Waals surface area contributed by atoms with Crippen LogP contribution in [0.4, 0.5) is 4.79 Å². The molecule has 0 aromatic carbocycles. The molecule has 0 saturated carbocycles. The lowest BCUT2D eigenvalue weighted by molar-refractivity contribution is -0.125. The molecule has 0 spiro atoms. The first-order valence-electron chi connectivity index (χ1n) is 7.43. The Balaban J connectivity index is 2.83. The highest BCUT2D eigenvalue weighted by molar-refractivity contribution is 5.77. The van der Waals surface area contributed by atoms with Gasteiger partial charge in [0.1, 0.15) is 17.9 Å². The van der Waals surface area contributed by atoms with Gasteiger partial charge in [0.05, 0.1) is 12.1 Å². The van der Waals surface area contributed by atoms with Gasteiger partial charge in [-0.2, -0.15) is 0 Å². The average molecular weight is 316 g/mol. The van der Waals surface area contributed by atoms with Gasteiger partial charge < -0.3 is 19.5 Å². The van der Waals surface area contributed by atoms with Crippen LogP contribution in [-0.4, -0.2) is 60.6 Å². The van der Waals surface area contributed by atoms with Gasteiger partial charge in [-0.1, -0.05) is 0 Å². The Labute approximate surface area is 132 Å². The summed E-state index contributed by atoms with van der Waals surface area (Å²) in [5.74, 6) is -0.233. The zero-order valence-electron chi connectivity index (χ0n) is 14.6. The van der Waals surface area contributed by atoms with Crippen LogP contribution in [0.2, 0.25) is 0 Å². The van der Waals surface area contributed by atoms with Crippen molar-refractivity contribution in [2.75, 3.05) is 20.3 Å². The largest absolute Gasteiger partial charge is 0.444 e. The number of nitrogens with one attached hydrogen (secondary N) is 1. The van der Waals surface area contributed by atoms with E-state index in [0.29, 0.717) is 0 Å². The molecule has 1 N–H and O–H groups in total. The molecule has 22 heavy (non-hydrogen) atoms. The summed E-state index contributed by atoms with van der Waals surface area (Å²) < 4.78 is 16.1. The van der Waals surface area contributed by atoms with Gasteiger partial charge in [0.15, 0.2) is 0 Å². The van der Waals surface area contributed by atoms with Gasteiger partial charge in [-0.05, 0) is 41.5 Å². The summed E-state index contributed by atoms with van der Waals surface area (Å²) in [5, 5.41) is 2.75. The second-order valence-electron chi connectivity index (χ2n) is 6.92. The van der Waals surface area contributed by atoms with E-state index in [1.165, 1.54) is 7.11 Å². The zero-order valence-corrected chi connectivity index (χ0v) is 14.6. The minimum Gasteiger partial charge on any atom is -0.444 e. The molecule has 1 aliphatic rings. The molecule has 1 saturated heterocycles. The van der Waals surface area contributed by atoms with E-state index in [0.717, 1.165) is 0 Å². The van der Waals surface area contributed by atoms with Crippen molar-refractivity contribution in [2.24, 2.45) is 0 Å². The lowest BCUT2D eigenvalue weighted by atomic mass is 10.1. The molecule has 2 amide bonds. The molecule has 0 aromatic rings. The number of methoxy groups -OCH3 is 1. The predicted octanol–water partition coefficient (Wildman–Crippen LogP) is 1.51. The van der Waals surface area contributed by atoms with Crippen molar-refractivity contribution in [3.8, 4) is 0 Å². The van der Waals surface area contributed by atoms with Crippen molar-refractivity contribution in [1.29, 1.82) is 0 Å². The summed E-state index contributed by atoms with van der Waals surface area (Å²) in [5.41, 5.74) is -1.39. The van der Waals surface area contributed by atoms with E-state index >= 15 is 0 Å². The van der Waals surface area contributed by atoms with E-state index in [-0.39, 0.29) is 31.2 Å². The summed E-state index contributed by atoms with van der Waals surface area (Å²) >= 11 is 0. The van der Waals surface area contributed by atoms with Crippen LogP contribution in [0, 0.1) is 0 Å². The molecule has 1 rings (SSSR count). The van der Waals surface area contributed by atoms with Crippen LogP contribution in [-0.2, 0) is 19.0 Å². The highest BCUT2D eigenvalue weighted by Gasteiger charge is 2.49. The molecule has 1 fully saturated rings. The van der Waals surface area contributed by atoms with Gasteiger partial charge in [0.2, 0.25) is 5.91 Å². The molecule has 1 heterocycles. The maximum atomic E-state index is 12.5. The number of hydrogen-bond donors (Lipinski definition) is 1. The van der Waals surface area contributed by atoms with E-state index in [4.69, 9.17) is 14.2 Å². The molecule has 0 bridgehead atoms. The maximum absolute atomic E-state index is 12.5. The van der Waals surface area contributed by atoms with E-state index in [9.17, 15) is 9.59 Å². The van der Waals surface area contributed by atoms with Crippen molar-refractivity contribution in [3.05, 3.63) is 0 Å². The van der Waals surface area contributed by atoms with Gasteiger partial charge in [-0.25, -0.2) is 4.79 Å². The van der Waals surface area contributed by atoms with E-state index in [2.05, 4.69) is 5.32 Å². The number of ether oxygens (including phenoxy) is 3. The quantitative estimate of drug-likeness (QED) is 0.850. The summed E-state index contributed by atoms with van der Waals surface area (Å²) in [6, 6.07) is -0.300. The maximum Gasteiger partial charge on any atom is 0.412 e. The Morgan fingerprint density at radius 1 is 1.32 bits per heavy atom. The van der Waals surface area contributed by atoms with Gasteiger partial charge in [0.25, 0.3) is 0 Å². The molecular formula is C15H28N2O5. The van der Waals surface area contributed by atoms with E-state index in [1.54, 1.807) is 4.90 Å². The first-order valence-corrected chi connectivity index (χ1v) is 7.43. The SMILES string of the molecule is COCC(=O)NC[C@@H]1[C@@H](C)OC(C)(C)N1C(=O)OC(C)(C)C. The fourth-order valence-corrected chi connectivity index (χ4v) is 2.52. The summed E-state index contributed by atoms with van der Waals surface area (Å²) in [6.07, 6.45) is -0.668. The first kappa shape index (κ1) is 18.7. The van der Waals surface area contributed by atoms with Crippen LogP contribution < -0.4 is 5.32 Å². The molecule has 7 heteroatoms. The normalized spacial score (nSPS) is 24.2. The van der Waals surface area contributed by atoms with Crippen molar-refractivity contribution in [2.45, 2.75) is 65.0 Å².